The summed E-state index contributed by atoms with van der Waals surface area (Å²) in [6.07, 6.45) is 0.476. The largest absolute Gasteiger partial charge is 0.398 e. The van der Waals surface area contributed by atoms with Crippen LogP contribution in [0.25, 0.3) is 10.1 Å². The Balaban J connectivity index is 2.69. The standard InChI is InChI=1S/C11H10N2S/c1-7-4-9-8(2-3-12)6-14-11(9)5-10(7)13/h4-6H,2,13H2,1H3. The van der Waals surface area contributed by atoms with E-state index in [0.29, 0.717) is 6.42 Å². The summed E-state index contributed by atoms with van der Waals surface area (Å²) >= 11 is 1.65. The van der Waals surface area contributed by atoms with Crippen molar-refractivity contribution in [3.8, 4) is 6.07 Å². The van der Waals surface area contributed by atoms with Crippen LogP contribution in [0, 0.1) is 18.3 Å². The summed E-state index contributed by atoms with van der Waals surface area (Å²) in [6, 6.07) is 6.22. The van der Waals surface area contributed by atoms with Gasteiger partial charge in [0.25, 0.3) is 0 Å². The highest BCUT2D eigenvalue weighted by Gasteiger charge is 2.05. The number of aryl methyl sites for hydroxylation is 1. The topological polar surface area (TPSA) is 49.8 Å². The summed E-state index contributed by atoms with van der Waals surface area (Å²) in [4.78, 5) is 0. The zero-order valence-electron chi connectivity index (χ0n) is 7.87. The second-order valence-electron chi connectivity index (χ2n) is 3.30. The van der Waals surface area contributed by atoms with Crippen LogP contribution in [0.4, 0.5) is 5.69 Å². The average Bonchev–Trinajstić information content (AvgIpc) is 2.51. The minimum absolute atomic E-state index is 0.476. The first-order valence-electron chi connectivity index (χ1n) is 4.35. The van der Waals surface area contributed by atoms with Crippen molar-refractivity contribution in [1.29, 1.82) is 5.26 Å². The number of hydrogen-bond donors (Lipinski definition) is 1. The lowest BCUT2D eigenvalue weighted by molar-refractivity contribution is 1.30. The molecule has 0 saturated carbocycles. The smallest absolute Gasteiger partial charge is 0.0670 e. The highest BCUT2D eigenvalue weighted by atomic mass is 32.1. The molecule has 70 valence electrons. The zero-order valence-corrected chi connectivity index (χ0v) is 8.69. The number of nitriles is 1. The summed E-state index contributed by atoms with van der Waals surface area (Å²) in [5, 5.41) is 11.9. The fraction of sp³-hybridized carbons (Fsp3) is 0.182. The first-order valence-corrected chi connectivity index (χ1v) is 5.23. The molecule has 0 bridgehead atoms. The van der Waals surface area contributed by atoms with Crippen molar-refractivity contribution >= 4 is 27.1 Å². The van der Waals surface area contributed by atoms with E-state index in [2.05, 4.69) is 12.1 Å². The Bertz CT molecular complexity index is 520. The third-order valence-corrected chi connectivity index (χ3v) is 3.31. The van der Waals surface area contributed by atoms with E-state index in [1.807, 2.05) is 18.4 Å². The van der Waals surface area contributed by atoms with E-state index >= 15 is 0 Å². The number of nitrogens with two attached hydrogens (primary N) is 1. The average molecular weight is 202 g/mol. The molecule has 0 fully saturated rings. The third kappa shape index (κ3) is 1.34. The van der Waals surface area contributed by atoms with E-state index in [1.165, 1.54) is 10.1 Å². The van der Waals surface area contributed by atoms with Crippen molar-refractivity contribution in [3.63, 3.8) is 0 Å². The fourth-order valence-corrected chi connectivity index (χ4v) is 2.46. The maximum absolute atomic E-state index is 8.65. The van der Waals surface area contributed by atoms with Gasteiger partial charge in [0.2, 0.25) is 0 Å². The number of nitrogens with zero attached hydrogens (tertiary/aromatic N) is 1. The van der Waals surface area contributed by atoms with Crippen molar-refractivity contribution < 1.29 is 0 Å². The van der Waals surface area contributed by atoms with Crippen LogP contribution in [-0.2, 0) is 6.42 Å². The molecule has 0 saturated heterocycles. The van der Waals surface area contributed by atoms with Crippen molar-refractivity contribution in [2.45, 2.75) is 13.3 Å². The molecule has 0 aliphatic heterocycles. The number of nitrogen functional groups attached to an aromatic ring is 1. The predicted octanol–water partition coefficient (Wildman–Crippen LogP) is 2.86. The number of fused-ring (bicyclic) bond motifs is 1. The Morgan fingerprint density at radius 3 is 3.00 bits per heavy atom. The molecule has 0 spiro atoms. The third-order valence-electron chi connectivity index (χ3n) is 2.31. The van der Waals surface area contributed by atoms with Gasteiger partial charge in [-0.3, -0.25) is 0 Å². The van der Waals surface area contributed by atoms with Crippen LogP contribution >= 0.6 is 11.3 Å². The Labute approximate surface area is 86.6 Å². The van der Waals surface area contributed by atoms with Gasteiger partial charge in [0.15, 0.2) is 0 Å². The first kappa shape index (κ1) is 9.04. The summed E-state index contributed by atoms with van der Waals surface area (Å²) in [6.45, 7) is 1.99. The quantitative estimate of drug-likeness (QED) is 0.723. The van der Waals surface area contributed by atoms with E-state index in [0.717, 1.165) is 16.8 Å². The molecule has 1 aromatic heterocycles. The van der Waals surface area contributed by atoms with Crippen LogP contribution in [0.2, 0.25) is 0 Å². The fourth-order valence-electron chi connectivity index (χ4n) is 1.47. The van der Waals surface area contributed by atoms with E-state index < -0.39 is 0 Å². The number of hydrogen-bond acceptors (Lipinski definition) is 3. The van der Waals surface area contributed by atoms with Gasteiger partial charge < -0.3 is 5.73 Å². The minimum atomic E-state index is 0.476. The Hall–Kier alpha value is -1.53. The maximum Gasteiger partial charge on any atom is 0.0670 e. The van der Waals surface area contributed by atoms with Crippen molar-refractivity contribution in [2.24, 2.45) is 0 Å². The molecular weight excluding hydrogens is 192 g/mol. The SMILES string of the molecule is Cc1cc2c(CC#N)csc2cc1N. The van der Waals surface area contributed by atoms with Gasteiger partial charge in [-0.25, -0.2) is 0 Å². The van der Waals surface area contributed by atoms with E-state index in [9.17, 15) is 0 Å². The molecule has 0 aliphatic carbocycles. The summed E-state index contributed by atoms with van der Waals surface area (Å²) < 4.78 is 1.17. The molecule has 0 amide bonds. The monoisotopic (exact) mass is 202 g/mol. The van der Waals surface area contributed by atoms with Gasteiger partial charge in [0, 0.05) is 10.4 Å². The highest BCUT2D eigenvalue weighted by molar-refractivity contribution is 7.17. The van der Waals surface area contributed by atoms with Crippen LogP contribution in [0.1, 0.15) is 11.1 Å². The summed E-state index contributed by atoms with van der Waals surface area (Å²) in [5.41, 5.74) is 8.82. The molecule has 0 aliphatic rings. The molecule has 0 unspecified atom stereocenters. The van der Waals surface area contributed by atoms with Gasteiger partial charge in [-0.2, -0.15) is 5.26 Å². The van der Waals surface area contributed by atoms with Gasteiger partial charge in [-0.15, -0.1) is 11.3 Å². The lowest BCUT2D eigenvalue weighted by Crippen LogP contribution is -1.88. The van der Waals surface area contributed by atoms with E-state index in [4.69, 9.17) is 11.0 Å². The summed E-state index contributed by atoms with van der Waals surface area (Å²) in [7, 11) is 0. The molecule has 1 heterocycles. The van der Waals surface area contributed by atoms with Crippen LogP contribution in [0.5, 0.6) is 0 Å². The zero-order chi connectivity index (χ0) is 10.1. The molecule has 2 aromatic rings. The maximum atomic E-state index is 8.65. The molecule has 1 aromatic carbocycles. The minimum Gasteiger partial charge on any atom is -0.398 e. The number of anilines is 1. The molecule has 2 nitrogen and oxygen atoms in total. The van der Waals surface area contributed by atoms with Crippen molar-refractivity contribution in [2.75, 3.05) is 5.73 Å². The second kappa shape index (κ2) is 3.32. The van der Waals surface area contributed by atoms with Crippen LogP contribution in [-0.4, -0.2) is 0 Å². The van der Waals surface area contributed by atoms with Gasteiger partial charge in [0.05, 0.1) is 12.5 Å². The predicted molar refractivity (Wildman–Crippen MR) is 60.3 cm³/mol. The van der Waals surface area contributed by atoms with Crippen molar-refractivity contribution in [1.82, 2.24) is 0 Å². The molecule has 0 radical (unpaired) electrons. The molecular formula is C11H10N2S. The van der Waals surface area contributed by atoms with Gasteiger partial charge in [-0.05, 0) is 40.9 Å². The molecule has 0 atom stereocenters. The molecule has 14 heavy (non-hydrogen) atoms. The second-order valence-corrected chi connectivity index (χ2v) is 4.21. The van der Waals surface area contributed by atoms with Crippen LogP contribution in [0.15, 0.2) is 17.5 Å². The first-order chi connectivity index (χ1) is 6.72. The lowest BCUT2D eigenvalue weighted by atomic mass is 10.1. The Kier molecular flexibility index (Phi) is 2.14. The van der Waals surface area contributed by atoms with E-state index in [1.54, 1.807) is 11.3 Å². The molecule has 2 N–H and O–H groups in total. The number of rotatable bonds is 1. The highest BCUT2D eigenvalue weighted by Crippen LogP contribution is 2.30. The lowest BCUT2D eigenvalue weighted by Gasteiger charge is -2.00. The van der Waals surface area contributed by atoms with Crippen LogP contribution in [0.3, 0.4) is 0 Å². The molecule has 3 heteroatoms. The van der Waals surface area contributed by atoms with Gasteiger partial charge >= 0.3 is 0 Å². The summed E-state index contributed by atoms with van der Waals surface area (Å²) in [5.74, 6) is 0. The molecule has 2 rings (SSSR count). The van der Waals surface area contributed by atoms with Gasteiger partial charge in [-0.1, -0.05) is 0 Å². The van der Waals surface area contributed by atoms with Crippen LogP contribution < -0.4 is 5.73 Å². The number of benzene rings is 1. The van der Waals surface area contributed by atoms with E-state index in [-0.39, 0.29) is 0 Å². The van der Waals surface area contributed by atoms with Gasteiger partial charge in [0.1, 0.15) is 0 Å². The Morgan fingerprint density at radius 2 is 2.29 bits per heavy atom. The normalized spacial score (nSPS) is 10.3. The Morgan fingerprint density at radius 1 is 1.50 bits per heavy atom. The van der Waals surface area contributed by atoms with Crippen molar-refractivity contribution in [3.05, 3.63) is 28.6 Å². The number of thiophene rings is 1.